The van der Waals surface area contributed by atoms with Crippen LogP contribution in [0.15, 0.2) is 60.9 Å². The lowest BCUT2D eigenvalue weighted by Gasteiger charge is -2.06. The van der Waals surface area contributed by atoms with Gasteiger partial charge in [-0.15, -0.1) is 0 Å². The molecule has 0 aliphatic rings. The second-order valence-electron chi connectivity index (χ2n) is 7.59. The zero-order valence-electron chi connectivity index (χ0n) is 17.3. The topological polar surface area (TPSA) is 76.1 Å². The van der Waals surface area contributed by atoms with Gasteiger partial charge in [0.1, 0.15) is 11.5 Å². The summed E-state index contributed by atoms with van der Waals surface area (Å²) < 4.78 is 3.60. The highest BCUT2D eigenvalue weighted by molar-refractivity contribution is 5.70. The number of phenolic OH excluding ortho intramolecular Hbond substituents is 2. The first-order valence-electron chi connectivity index (χ1n) is 10.1. The van der Waals surface area contributed by atoms with E-state index >= 15 is 0 Å². The monoisotopic (exact) mass is 402 g/mol. The van der Waals surface area contributed by atoms with Crippen LogP contribution in [0.1, 0.15) is 24.0 Å². The Balaban J connectivity index is 1.45. The summed E-state index contributed by atoms with van der Waals surface area (Å²) in [5.74, 6) is 0.500. The number of benzene rings is 2. The third-order valence-electron chi connectivity index (χ3n) is 5.27. The van der Waals surface area contributed by atoms with E-state index in [-0.39, 0.29) is 11.5 Å². The van der Waals surface area contributed by atoms with E-state index in [1.165, 1.54) is 0 Å². The molecule has 6 nitrogen and oxygen atoms in total. The number of hydrogen-bond acceptors (Lipinski definition) is 4. The molecule has 0 saturated carbocycles. The van der Waals surface area contributed by atoms with Gasteiger partial charge in [0.05, 0.1) is 11.4 Å². The molecule has 2 N–H and O–H groups in total. The quantitative estimate of drug-likeness (QED) is 0.447. The summed E-state index contributed by atoms with van der Waals surface area (Å²) in [7, 11) is 3.81. The van der Waals surface area contributed by atoms with E-state index in [0.717, 1.165) is 59.3 Å². The summed E-state index contributed by atoms with van der Waals surface area (Å²) in [6.45, 7) is 0. The van der Waals surface area contributed by atoms with Crippen LogP contribution in [0.25, 0.3) is 22.5 Å². The first kappa shape index (κ1) is 19.8. The molecule has 0 aliphatic carbocycles. The predicted octanol–water partition coefficient (Wildman–Crippen LogP) is 4.46. The van der Waals surface area contributed by atoms with Gasteiger partial charge in [-0.25, -0.2) is 0 Å². The van der Waals surface area contributed by atoms with Gasteiger partial charge in [0, 0.05) is 37.6 Å². The van der Waals surface area contributed by atoms with Crippen molar-refractivity contribution in [3.8, 4) is 34.0 Å². The minimum atomic E-state index is 0.250. The van der Waals surface area contributed by atoms with Crippen LogP contribution in [0.5, 0.6) is 11.5 Å². The molecule has 4 aromatic rings. The number of nitrogens with zero attached hydrogens (tertiary/aromatic N) is 4. The highest BCUT2D eigenvalue weighted by Crippen LogP contribution is 2.32. The van der Waals surface area contributed by atoms with Gasteiger partial charge in [-0.05, 0) is 61.1 Å². The van der Waals surface area contributed by atoms with Gasteiger partial charge >= 0.3 is 0 Å². The molecule has 2 aromatic heterocycles. The summed E-state index contributed by atoms with van der Waals surface area (Å²) in [6, 6.07) is 14.6. The van der Waals surface area contributed by atoms with Gasteiger partial charge in [-0.2, -0.15) is 10.2 Å². The van der Waals surface area contributed by atoms with Gasteiger partial charge in [-0.1, -0.05) is 24.3 Å². The van der Waals surface area contributed by atoms with Crippen LogP contribution in [0.2, 0.25) is 0 Å². The second kappa shape index (κ2) is 8.45. The summed E-state index contributed by atoms with van der Waals surface area (Å²) in [5, 5.41) is 29.5. The molecule has 2 aromatic carbocycles. The minimum absolute atomic E-state index is 0.250. The third-order valence-corrected chi connectivity index (χ3v) is 5.27. The van der Waals surface area contributed by atoms with E-state index in [1.54, 1.807) is 21.5 Å². The van der Waals surface area contributed by atoms with Gasteiger partial charge in [0.25, 0.3) is 0 Å². The van der Waals surface area contributed by atoms with Crippen LogP contribution in [0.4, 0.5) is 0 Å². The van der Waals surface area contributed by atoms with Crippen molar-refractivity contribution in [2.75, 3.05) is 0 Å². The summed E-state index contributed by atoms with van der Waals surface area (Å²) in [6.07, 6.45) is 7.79. The van der Waals surface area contributed by atoms with Crippen LogP contribution in [-0.4, -0.2) is 29.8 Å². The van der Waals surface area contributed by atoms with Crippen molar-refractivity contribution in [3.63, 3.8) is 0 Å². The smallest absolute Gasteiger partial charge is 0.125 e. The number of hydrogen-bond donors (Lipinski definition) is 2. The van der Waals surface area contributed by atoms with E-state index in [1.807, 2.05) is 62.9 Å². The van der Waals surface area contributed by atoms with Crippen LogP contribution in [0.3, 0.4) is 0 Å². The Morgan fingerprint density at radius 3 is 1.47 bits per heavy atom. The van der Waals surface area contributed by atoms with Crippen LogP contribution < -0.4 is 0 Å². The van der Waals surface area contributed by atoms with Crippen molar-refractivity contribution >= 4 is 0 Å². The largest absolute Gasteiger partial charge is 0.507 e. The number of rotatable bonds is 7. The molecule has 0 spiro atoms. The van der Waals surface area contributed by atoms with Crippen molar-refractivity contribution in [2.45, 2.75) is 25.7 Å². The molecule has 0 radical (unpaired) electrons. The molecule has 30 heavy (non-hydrogen) atoms. The Kier molecular flexibility index (Phi) is 5.57. The van der Waals surface area contributed by atoms with Gasteiger partial charge in [0.2, 0.25) is 0 Å². The molecule has 0 bridgehead atoms. The molecule has 0 aliphatic heterocycles. The molecule has 0 unspecified atom stereocenters. The fraction of sp³-hybridized carbons (Fsp3) is 0.250. The Morgan fingerprint density at radius 1 is 0.667 bits per heavy atom. The lowest BCUT2D eigenvalue weighted by Crippen LogP contribution is -1.92. The summed E-state index contributed by atoms with van der Waals surface area (Å²) in [4.78, 5) is 0. The van der Waals surface area contributed by atoms with Gasteiger partial charge < -0.3 is 10.2 Å². The van der Waals surface area contributed by atoms with Crippen LogP contribution in [-0.2, 0) is 26.9 Å². The Bertz CT molecular complexity index is 1070. The van der Waals surface area contributed by atoms with Gasteiger partial charge in [-0.3, -0.25) is 9.36 Å². The Hall–Kier alpha value is -3.54. The van der Waals surface area contributed by atoms with Crippen LogP contribution in [0, 0.1) is 0 Å². The normalized spacial score (nSPS) is 11.1. The van der Waals surface area contributed by atoms with E-state index in [2.05, 4.69) is 10.2 Å². The number of unbranched alkanes of at least 4 members (excludes halogenated alkanes) is 1. The standard InChI is InChI=1S/C24H26N4O2/c1-27-15-17(23(25-27)19-11-5-7-13-21(19)29)9-3-4-10-18-16-28(2)26-24(18)20-12-6-8-14-22(20)30/h5-8,11-16,29-30H,3-4,9-10H2,1-2H3. The zero-order chi connectivity index (χ0) is 21.1. The fourth-order valence-corrected chi connectivity index (χ4v) is 3.87. The molecule has 0 saturated heterocycles. The Morgan fingerprint density at radius 2 is 1.07 bits per heavy atom. The first-order chi connectivity index (χ1) is 14.5. The fourth-order valence-electron chi connectivity index (χ4n) is 3.87. The van der Waals surface area contributed by atoms with E-state index < -0.39 is 0 Å². The first-order valence-corrected chi connectivity index (χ1v) is 10.1. The Labute approximate surface area is 176 Å². The van der Waals surface area contributed by atoms with Crippen molar-refractivity contribution in [3.05, 3.63) is 72.1 Å². The molecule has 2 heterocycles. The predicted molar refractivity (Wildman–Crippen MR) is 117 cm³/mol. The number of aromatic hydroxyl groups is 2. The van der Waals surface area contributed by atoms with Crippen molar-refractivity contribution in [1.82, 2.24) is 19.6 Å². The van der Waals surface area contributed by atoms with Gasteiger partial charge in [0.15, 0.2) is 0 Å². The zero-order valence-corrected chi connectivity index (χ0v) is 17.3. The average Bonchev–Trinajstić information content (AvgIpc) is 3.28. The van der Waals surface area contributed by atoms with Crippen molar-refractivity contribution in [1.29, 1.82) is 0 Å². The van der Waals surface area contributed by atoms with Crippen molar-refractivity contribution in [2.24, 2.45) is 14.1 Å². The molecular formula is C24H26N4O2. The SMILES string of the molecule is Cn1cc(CCCCc2cn(C)nc2-c2ccccc2O)c(-c2ccccc2O)n1. The number of para-hydroxylation sites is 2. The molecule has 0 amide bonds. The molecule has 154 valence electrons. The molecular weight excluding hydrogens is 376 g/mol. The maximum Gasteiger partial charge on any atom is 0.125 e. The number of aryl methyl sites for hydroxylation is 4. The van der Waals surface area contributed by atoms with E-state index in [0.29, 0.717) is 0 Å². The average molecular weight is 402 g/mol. The highest BCUT2D eigenvalue weighted by atomic mass is 16.3. The second-order valence-corrected chi connectivity index (χ2v) is 7.59. The highest BCUT2D eigenvalue weighted by Gasteiger charge is 2.15. The molecule has 0 atom stereocenters. The van der Waals surface area contributed by atoms with Crippen LogP contribution >= 0.6 is 0 Å². The van der Waals surface area contributed by atoms with Crippen molar-refractivity contribution < 1.29 is 10.2 Å². The number of phenols is 2. The lowest BCUT2D eigenvalue weighted by atomic mass is 9.99. The molecule has 0 fully saturated rings. The van der Waals surface area contributed by atoms with E-state index in [9.17, 15) is 10.2 Å². The molecule has 6 heteroatoms. The summed E-state index contributed by atoms with van der Waals surface area (Å²) in [5.41, 5.74) is 5.47. The number of aromatic nitrogens is 4. The van der Waals surface area contributed by atoms with E-state index in [4.69, 9.17) is 0 Å². The summed E-state index contributed by atoms with van der Waals surface area (Å²) >= 11 is 0. The minimum Gasteiger partial charge on any atom is -0.507 e. The maximum absolute atomic E-state index is 10.2. The lowest BCUT2D eigenvalue weighted by molar-refractivity contribution is 0.476. The molecule has 4 rings (SSSR count). The third kappa shape index (κ3) is 4.08. The maximum atomic E-state index is 10.2.